The van der Waals surface area contributed by atoms with Gasteiger partial charge in [0, 0.05) is 0 Å². The summed E-state index contributed by atoms with van der Waals surface area (Å²) < 4.78 is 1.15. The summed E-state index contributed by atoms with van der Waals surface area (Å²) in [5, 5.41) is 0.761. The van der Waals surface area contributed by atoms with Crippen molar-refractivity contribution >= 4 is 32.6 Å². The van der Waals surface area contributed by atoms with Gasteiger partial charge in [0.15, 0.2) is 5.13 Å². The van der Waals surface area contributed by atoms with E-state index in [0.717, 1.165) is 26.5 Å². The zero-order chi connectivity index (χ0) is 22.0. The normalized spacial score (nSPS) is 11.3. The van der Waals surface area contributed by atoms with Crippen molar-refractivity contribution in [3.05, 3.63) is 94.5 Å². The second kappa shape index (κ2) is 9.03. The third kappa shape index (κ3) is 4.86. The monoisotopic (exact) mass is 428 g/mol. The van der Waals surface area contributed by atoms with Gasteiger partial charge in [-0.1, -0.05) is 85.8 Å². The summed E-state index contributed by atoms with van der Waals surface area (Å²) >= 11 is 1.60. The van der Waals surface area contributed by atoms with Crippen molar-refractivity contribution in [3.8, 4) is 0 Å². The SMILES string of the molecule is Cc1cc(C)c2sc(N(Cc3ccccc3)C(=O)Cc3ccc(C(C)C)cc3)nc2c1. The number of amides is 1. The fraction of sp³-hybridized carbons (Fsp3) is 0.259. The predicted octanol–water partition coefficient (Wildman–Crippen LogP) is 6.81. The molecule has 0 saturated heterocycles. The number of hydrogen-bond donors (Lipinski definition) is 0. The van der Waals surface area contributed by atoms with Crippen LogP contribution in [0.1, 0.15) is 47.6 Å². The topological polar surface area (TPSA) is 33.2 Å². The molecule has 4 aromatic rings. The van der Waals surface area contributed by atoms with Gasteiger partial charge in [0.25, 0.3) is 0 Å². The average Bonchev–Trinajstić information content (AvgIpc) is 3.17. The molecule has 158 valence electrons. The zero-order valence-electron chi connectivity index (χ0n) is 18.6. The van der Waals surface area contributed by atoms with Gasteiger partial charge in [0.2, 0.25) is 5.91 Å². The van der Waals surface area contributed by atoms with E-state index in [9.17, 15) is 4.79 Å². The molecule has 0 unspecified atom stereocenters. The van der Waals surface area contributed by atoms with E-state index in [2.05, 4.69) is 76.2 Å². The van der Waals surface area contributed by atoms with E-state index >= 15 is 0 Å². The van der Waals surface area contributed by atoms with Gasteiger partial charge in [0.05, 0.1) is 23.2 Å². The number of nitrogens with zero attached hydrogens (tertiary/aromatic N) is 2. The highest BCUT2D eigenvalue weighted by Crippen LogP contribution is 2.33. The number of fused-ring (bicyclic) bond motifs is 1. The smallest absolute Gasteiger partial charge is 0.233 e. The summed E-state index contributed by atoms with van der Waals surface area (Å²) in [5.74, 6) is 0.545. The Hall–Kier alpha value is -2.98. The summed E-state index contributed by atoms with van der Waals surface area (Å²) in [4.78, 5) is 20.2. The maximum atomic E-state index is 13.5. The molecule has 0 aliphatic heterocycles. The molecule has 4 heteroatoms. The lowest BCUT2D eigenvalue weighted by Gasteiger charge is -2.20. The van der Waals surface area contributed by atoms with E-state index in [1.165, 1.54) is 16.7 Å². The summed E-state index contributed by atoms with van der Waals surface area (Å²) in [7, 11) is 0. The Balaban J connectivity index is 1.67. The Morgan fingerprint density at radius 1 is 0.968 bits per heavy atom. The van der Waals surface area contributed by atoms with Gasteiger partial charge in [-0.15, -0.1) is 0 Å². The van der Waals surface area contributed by atoms with Crippen molar-refractivity contribution in [2.75, 3.05) is 4.90 Å². The van der Waals surface area contributed by atoms with Crippen LogP contribution >= 0.6 is 11.3 Å². The fourth-order valence-electron chi connectivity index (χ4n) is 3.80. The maximum Gasteiger partial charge on any atom is 0.233 e. The number of carbonyl (C=O) groups excluding carboxylic acids is 1. The van der Waals surface area contributed by atoms with Crippen LogP contribution in [0.2, 0.25) is 0 Å². The largest absolute Gasteiger partial charge is 0.283 e. The molecule has 31 heavy (non-hydrogen) atoms. The van der Waals surface area contributed by atoms with Gasteiger partial charge in [-0.05, 0) is 53.6 Å². The van der Waals surface area contributed by atoms with Crippen molar-refractivity contribution < 1.29 is 4.79 Å². The van der Waals surface area contributed by atoms with Crippen LogP contribution < -0.4 is 4.90 Å². The van der Waals surface area contributed by atoms with Crippen LogP contribution in [0.5, 0.6) is 0 Å². The number of anilines is 1. The number of hydrogen-bond acceptors (Lipinski definition) is 3. The average molecular weight is 429 g/mol. The fourth-order valence-corrected chi connectivity index (χ4v) is 4.83. The molecule has 0 fully saturated rings. The van der Waals surface area contributed by atoms with E-state index in [1.54, 1.807) is 11.3 Å². The number of benzene rings is 3. The molecule has 3 nitrogen and oxygen atoms in total. The molecular formula is C27H28N2OS. The molecule has 0 aliphatic carbocycles. The third-order valence-corrected chi connectivity index (χ3v) is 6.76. The van der Waals surface area contributed by atoms with Crippen molar-refractivity contribution in [3.63, 3.8) is 0 Å². The van der Waals surface area contributed by atoms with Gasteiger partial charge in [-0.3, -0.25) is 9.69 Å². The van der Waals surface area contributed by atoms with Crippen molar-refractivity contribution in [1.82, 2.24) is 4.98 Å². The highest BCUT2D eigenvalue weighted by atomic mass is 32.1. The van der Waals surface area contributed by atoms with Crippen LogP contribution in [0.25, 0.3) is 10.2 Å². The van der Waals surface area contributed by atoms with Crippen molar-refractivity contribution in [1.29, 1.82) is 0 Å². The first-order chi connectivity index (χ1) is 14.9. The summed E-state index contributed by atoms with van der Waals surface area (Å²) in [6.45, 7) is 9.06. The molecule has 0 N–H and O–H groups in total. The minimum Gasteiger partial charge on any atom is -0.283 e. The predicted molar refractivity (Wildman–Crippen MR) is 131 cm³/mol. The summed E-state index contributed by atoms with van der Waals surface area (Å²) in [5.41, 5.74) is 6.76. The van der Waals surface area contributed by atoms with E-state index < -0.39 is 0 Å². The van der Waals surface area contributed by atoms with E-state index in [-0.39, 0.29) is 5.91 Å². The second-order valence-corrected chi connectivity index (χ2v) is 9.44. The molecule has 0 saturated carbocycles. The first kappa shape index (κ1) is 21.3. The van der Waals surface area contributed by atoms with E-state index in [0.29, 0.717) is 18.9 Å². The number of aromatic nitrogens is 1. The minimum absolute atomic E-state index is 0.0644. The molecule has 0 atom stereocenters. The lowest BCUT2D eigenvalue weighted by Crippen LogP contribution is -2.31. The second-order valence-electron chi connectivity index (χ2n) is 8.47. The number of thiazole rings is 1. The number of rotatable bonds is 6. The Labute approximate surface area is 188 Å². The molecule has 0 bridgehead atoms. The first-order valence-electron chi connectivity index (χ1n) is 10.7. The van der Waals surface area contributed by atoms with Crippen LogP contribution in [-0.2, 0) is 17.8 Å². The van der Waals surface area contributed by atoms with Crippen LogP contribution in [0.15, 0.2) is 66.7 Å². The lowest BCUT2D eigenvalue weighted by molar-refractivity contribution is -0.118. The molecule has 0 radical (unpaired) electrons. The van der Waals surface area contributed by atoms with E-state index in [4.69, 9.17) is 4.98 Å². The Bertz CT molecular complexity index is 1190. The standard InChI is InChI=1S/C27H28N2OS/c1-18(2)23-12-10-21(11-13-23)16-25(30)29(17-22-8-6-5-7-9-22)27-28-24-15-19(3)14-20(4)26(24)31-27/h5-15,18H,16-17H2,1-4H3. The van der Waals surface area contributed by atoms with Gasteiger partial charge in [-0.2, -0.15) is 0 Å². The highest BCUT2D eigenvalue weighted by Gasteiger charge is 2.21. The van der Waals surface area contributed by atoms with Gasteiger partial charge >= 0.3 is 0 Å². The van der Waals surface area contributed by atoms with Gasteiger partial charge < -0.3 is 0 Å². The molecular weight excluding hydrogens is 400 g/mol. The molecule has 1 amide bonds. The Morgan fingerprint density at radius 3 is 2.35 bits per heavy atom. The third-order valence-electron chi connectivity index (χ3n) is 5.53. The Kier molecular flexibility index (Phi) is 6.19. The van der Waals surface area contributed by atoms with Gasteiger partial charge in [-0.25, -0.2) is 4.98 Å². The number of carbonyl (C=O) groups is 1. The molecule has 1 heterocycles. The molecule has 1 aromatic heterocycles. The van der Waals surface area contributed by atoms with Crippen LogP contribution in [0.4, 0.5) is 5.13 Å². The van der Waals surface area contributed by atoms with E-state index in [1.807, 2.05) is 23.1 Å². The summed E-state index contributed by atoms with van der Waals surface area (Å²) in [6.07, 6.45) is 0.360. The highest BCUT2D eigenvalue weighted by molar-refractivity contribution is 7.22. The maximum absolute atomic E-state index is 13.5. The minimum atomic E-state index is 0.0644. The van der Waals surface area contributed by atoms with Crippen LogP contribution in [0, 0.1) is 13.8 Å². The molecule has 4 rings (SSSR count). The van der Waals surface area contributed by atoms with Crippen molar-refractivity contribution in [2.24, 2.45) is 0 Å². The van der Waals surface area contributed by atoms with Crippen LogP contribution in [0.3, 0.4) is 0 Å². The van der Waals surface area contributed by atoms with Gasteiger partial charge in [0.1, 0.15) is 0 Å². The zero-order valence-corrected chi connectivity index (χ0v) is 19.4. The quantitative estimate of drug-likeness (QED) is 0.338. The molecule has 3 aromatic carbocycles. The molecule has 0 aliphatic rings. The first-order valence-corrected chi connectivity index (χ1v) is 11.5. The lowest BCUT2D eigenvalue weighted by atomic mass is 10.0. The Morgan fingerprint density at radius 2 is 1.68 bits per heavy atom. The summed E-state index contributed by atoms with van der Waals surface area (Å²) in [6, 6.07) is 22.8. The van der Waals surface area contributed by atoms with Crippen molar-refractivity contribution in [2.45, 2.75) is 46.6 Å². The number of aryl methyl sites for hydroxylation is 2. The van der Waals surface area contributed by atoms with Crippen LogP contribution in [-0.4, -0.2) is 10.9 Å². The molecule has 0 spiro atoms.